The summed E-state index contributed by atoms with van der Waals surface area (Å²) < 4.78 is 0. The van der Waals surface area contributed by atoms with Crippen LogP contribution >= 0.6 is 12.4 Å². The van der Waals surface area contributed by atoms with Gasteiger partial charge in [0.05, 0.1) is 0 Å². The Morgan fingerprint density at radius 2 is 1.73 bits per heavy atom. The zero-order chi connectivity index (χ0) is 7.23. The monoisotopic (exact) mass is 166 g/mol. The van der Waals surface area contributed by atoms with Crippen LogP contribution in [0.25, 0.3) is 6.08 Å². The molecular weight excluding hydrogens is 156 g/mol. The van der Waals surface area contributed by atoms with Gasteiger partial charge in [0.2, 0.25) is 0 Å². The second-order valence-electron chi connectivity index (χ2n) is 2.01. The maximum absolute atomic E-state index is 3.59. The van der Waals surface area contributed by atoms with Crippen molar-refractivity contribution in [3.63, 3.8) is 0 Å². The lowest BCUT2D eigenvalue weighted by molar-refractivity contribution is 1.66. The van der Waals surface area contributed by atoms with Crippen molar-refractivity contribution in [1.29, 1.82) is 0 Å². The highest BCUT2D eigenvalue weighted by molar-refractivity contribution is 5.85. The molecule has 0 aliphatic heterocycles. The lowest BCUT2D eigenvalue weighted by atomic mass is 10.2. The average molecular weight is 167 g/mol. The number of allylic oxidation sites excluding steroid dienone is 2. The van der Waals surface area contributed by atoms with E-state index in [0.717, 1.165) is 0 Å². The summed E-state index contributed by atoms with van der Waals surface area (Å²) in [4.78, 5) is 0. The van der Waals surface area contributed by atoms with Crippen LogP contribution in [0.3, 0.4) is 0 Å². The van der Waals surface area contributed by atoms with Crippen molar-refractivity contribution >= 4 is 18.5 Å². The molecule has 0 bridgehead atoms. The van der Waals surface area contributed by atoms with E-state index in [-0.39, 0.29) is 12.4 Å². The first-order chi connectivity index (χ1) is 4.93. The van der Waals surface area contributed by atoms with E-state index < -0.39 is 0 Å². The van der Waals surface area contributed by atoms with Gasteiger partial charge in [-0.1, -0.05) is 55.1 Å². The van der Waals surface area contributed by atoms with E-state index in [1.165, 1.54) is 5.56 Å². The van der Waals surface area contributed by atoms with Gasteiger partial charge in [-0.3, -0.25) is 0 Å². The quantitative estimate of drug-likeness (QED) is 0.592. The Morgan fingerprint density at radius 3 is 2.27 bits per heavy atom. The first-order valence-corrected chi connectivity index (χ1v) is 3.27. The molecular formula is C10H11Cl. The fourth-order valence-electron chi connectivity index (χ4n) is 0.743. The van der Waals surface area contributed by atoms with Crippen LogP contribution in [0.15, 0.2) is 49.1 Å². The summed E-state index contributed by atoms with van der Waals surface area (Å²) in [6.45, 7) is 3.59. The topological polar surface area (TPSA) is 0 Å². The standard InChI is InChI=1S/C10H10.ClH/c1-2-3-7-10-8-5-4-6-9-10;/h2-9H,1H2;1H. The molecule has 0 amide bonds. The highest BCUT2D eigenvalue weighted by Crippen LogP contribution is 1.99. The summed E-state index contributed by atoms with van der Waals surface area (Å²) in [5.74, 6) is 0. The van der Waals surface area contributed by atoms with Gasteiger partial charge in [-0.15, -0.1) is 12.4 Å². The molecule has 1 rings (SSSR count). The summed E-state index contributed by atoms with van der Waals surface area (Å²) >= 11 is 0. The largest absolute Gasteiger partial charge is 0.147 e. The third kappa shape index (κ3) is 3.64. The maximum atomic E-state index is 3.59. The number of hydrogen-bond acceptors (Lipinski definition) is 0. The Kier molecular flexibility index (Phi) is 5.22. The Morgan fingerprint density at radius 1 is 1.09 bits per heavy atom. The van der Waals surface area contributed by atoms with Crippen molar-refractivity contribution in [2.24, 2.45) is 0 Å². The van der Waals surface area contributed by atoms with Gasteiger partial charge in [-0.25, -0.2) is 0 Å². The first kappa shape index (κ1) is 9.99. The van der Waals surface area contributed by atoms with Crippen LogP contribution in [-0.4, -0.2) is 0 Å². The second-order valence-corrected chi connectivity index (χ2v) is 2.01. The van der Waals surface area contributed by atoms with Crippen LogP contribution in [0.1, 0.15) is 5.56 Å². The van der Waals surface area contributed by atoms with Gasteiger partial charge in [0.25, 0.3) is 0 Å². The lowest BCUT2D eigenvalue weighted by Crippen LogP contribution is -1.65. The fraction of sp³-hybridized carbons (Fsp3) is 0. The molecule has 0 aliphatic rings. The Hall–Kier alpha value is -1.01. The minimum absolute atomic E-state index is 0. The molecule has 0 saturated carbocycles. The van der Waals surface area contributed by atoms with Crippen molar-refractivity contribution in [1.82, 2.24) is 0 Å². The molecule has 0 fully saturated rings. The van der Waals surface area contributed by atoms with Crippen LogP contribution in [0, 0.1) is 0 Å². The highest BCUT2D eigenvalue weighted by atomic mass is 35.5. The van der Waals surface area contributed by atoms with Crippen molar-refractivity contribution in [2.75, 3.05) is 0 Å². The molecule has 0 saturated heterocycles. The SMILES string of the molecule is C=CC=Cc1ccccc1.Cl. The van der Waals surface area contributed by atoms with Gasteiger partial charge in [0.15, 0.2) is 0 Å². The predicted octanol–water partition coefficient (Wildman–Crippen LogP) is 3.31. The van der Waals surface area contributed by atoms with Gasteiger partial charge < -0.3 is 0 Å². The molecule has 0 unspecified atom stereocenters. The van der Waals surface area contributed by atoms with Crippen molar-refractivity contribution in [3.8, 4) is 0 Å². The molecule has 11 heavy (non-hydrogen) atoms. The Bertz CT molecular complexity index is 224. The van der Waals surface area contributed by atoms with Crippen molar-refractivity contribution in [2.45, 2.75) is 0 Å². The van der Waals surface area contributed by atoms with Gasteiger partial charge >= 0.3 is 0 Å². The van der Waals surface area contributed by atoms with Crippen LogP contribution < -0.4 is 0 Å². The van der Waals surface area contributed by atoms with E-state index in [1.807, 2.05) is 30.4 Å². The molecule has 1 aromatic rings. The molecule has 1 aromatic carbocycles. The number of halogens is 1. The average Bonchev–Trinajstić information content (AvgIpc) is 2.03. The van der Waals surface area contributed by atoms with Crippen molar-refractivity contribution < 1.29 is 0 Å². The van der Waals surface area contributed by atoms with E-state index in [4.69, 9.17) is 0 Å². The molecule has 58 valence electrons. The van der Waals surface area contributed by atoms with E-state index in [2.05, 4.69) is 18.7 Å². The van der Waals surface area contributed by atoms with Crippen LogP contribution in [0.2, 0.25) is 0 Å². The highest BCUT2D eigenvalue weighted by Gasteiger charge is 1.78. The molecule has 0 N–H and O–H groups in total. The molecule has 0 aliphatic carbocycles. The molecule has 1 heteroatoms. The molecule has 0 spiro atoms. The first-order valence-electron chi connectivity index (χ1n) is 3.27. The van der Waals surface area contributed by atoms with E-state index >= 15 is 0 Å². The summed E-state index contributed by atoms with van der Waals surface area (Å²) in [5.41, 5.74) is 1.21. The van der Waals surface area contributed by atoms with Gasteiger partial charge in [-0.05, 0) is 5.56 Å². The summed E-state index contributed by atoms with van der Waals surface area (Å²) in [5, 5.41) is 0. The number of rotatable bonds is 2. The van der Waals surface area contributed by atoms with E-state index in [1.54, 1.807) is 6.08 Å². The minimum atomic E-state index is 0. The normalized spacial score (nSPS) is 9.09. The minimum Gasteiger partial charge on any atom is -0.147 e. The van der Waals surface area contributed by atoms with Crippen LogP contribution in [0.4, 0.5) is 0 Å². The van der Waals surface area contributed by atoms with E-state index in [0.29, 0.717) is 0 Å². The zero-order valence-corrected chi connectivity index (χ0v) is 7.05. The van der Waals surface area contributed by atoms with Gasteiger partial charge in [0, 0.05) is 0 Å². The molecule has 0 radical (unpaired) electrons. The summed E-state index contributed by atoms with van der Waals surface area (Å²) in [6.07, 6.45) is 5.72. The fourth-order valence-corrected chi connectivity index (χ4v) is 0.743. The molecule has 0 aromatic heterocycles. The van der Waals surface area contributed by atoms with Crippen LogP contribution in [0.5, 0.6) is 0 Å². The predicted molar refractivity (Wildman–Crippen MR) is 52.9 cm³/mol. The second kappa shape index (κ2) is 5.75. The van der Waals surface area contributed by atoms with Gasteiger partial charge in [0.1, 0.15) is 0 Å². The Labute approximate surface area is 73.7 Å². The molecule has 0 heterocycles. The van der Waals surface area contributed by atoms with Crippen LogP contribution in [-0.2, 0) is 0 Å². The Balaban J connectivity index is 0.000001000. The number of benzene rings is 1. The van der Waals surface area contributed by atoms with E-state index in [9.17, 15) is 0 Å². The third-order valence-corrected chi connectivity index (χ3v) is 1.22. The van der Waals surface area contributed by atoms with Gasteiger partial charge in [-0.2, -0.15) is 0 Å². The molecule has 0 atom stereocenters. The maximum Gasteiger partial charge on any atom is -0.0257 e. The third-order valence-electron chi connectivity index (χ3n) is 1.22. The zero-order valence-electron chi connectivity index (χ0n) is 6.23. The number of hydrogen-bond donors (Lipinski definition) is 0. The summed E-state index contributed by atoms with van der Waals surface area (Å²) in [6, 6.07) is 10.1. The lowest BCUT2D eigenvalue weighted by Gasteiger charge is -1.87. The molecule has 0 nitrogen and oxygen atoms in total. The van der Waals surface area contributed by atoms with Crippen molar-refractivity contribution in [3.05, 3.63) is 54.6 Å². The summed E-state index contributed by atoms with van der Waals surface area (Å²) in [7, 11) is 0. The smallest absolute Gasteiger partial charge is 0.0257 e.